The quantitative estimate of drug-likeness (QED) is 0.899. The number of ether oxygens (including phenoxy) is 1. The van der Waals surface area contributed by atoms with Crippen LogP contribution in [0, 0.1) is 5.82 Å². The Bertz CT molecular complexity index is 430. The van der Waals surface area contributed by atoms with Gasteiger partial charge in [-0.05, 0) is 18.9 Å². The molecule has 0 amide bonds. The molecule has 0 bridgehead atoms. The number of halogens is 2. The third-order valence-electron chi connectivity index (χ3n) is 2.79. The molecule has 0 saturated heterocycles. The van der Waals surface area contributed by atoms with Gasteiger partial charge in [-0.1, -0.05) is 15.9 Å². The van der Waals surface area contributed by atoms with Gasteiger partial charge in [0, 0.05) is 16.5 Å². The first-order valence-corrected chi connectivity index (χ1v) is 5.72. The molecule has 1 aromatic carbocycles. The highest BCUT2D eigenvalue weighted by Crippen LogP contribution is 2.43. The second-order valence-electron chi connectivity index (χ2n) is 4.10. The molecule has 1 fully saturated rings. The molecule has 3 nitrogen and oxygen atoms in total. The topological polar surface area (TPSA) is 49.7 Å². The van der Waals surface area contributed by atoms with Crippen LogP contribution >= 0.6 is 15.9 Å². The highest BCUT2D eigenvalue weighted by atomic mass is 79.9. The molecule has 1 saturated carbocycles. The van der Waals surface area contributed by atoms with Crippen molar-refractivity contribution in [3.05, 3.63) is 21.9 Å². The Morgan fingerprint density at radius 2 is 2.19 bits per heavy atom. The summed E-state index contributed by atoms with van der Waals surface area (Å²) in [5.41, 5.74) is -0.444. The molecule has 88 valence electrons. The second kappa shape index (κ2) is 3.89. The predicted octanol–water partition coefficient (Wildman–Crippen LogP) is 2.37. The minimum atomic E-state index is -0.786. The number of hydrogen-bond acceptors (Lipinski definition) is 3. The van der Waals surface area contributed by atoms with Gasteiger partial charge < -0.3 is 14.9 Å². The summed E-state index contributed by atoms with van der Waals surface area (Å²) in [4.78, 5) is 0. The van der Waals surface area contributed by atoms with E-state index >= 15 is 0 Å². The Morgan fingerprint density at radius 3 is 2.69 bits per heavy atom. The van der Waals surface area contributed by atoms with E-state index in [-0.39, 0.29) is 17.9 Å². The molecular formula is C11H12BrFO3. The SMILES string of the molecule is COc1c(O)cc(Br)c(CC2(O)CC2)c1F. The van der Waals surface area contributed by atoms with E-state index in [1.807, 2.05) is 0 Å². The van der Waals surface area contributed by atoms with Crippen molar-refractivity contribution >= 4 is 15.9 Å². The molecular weight excluding hydrogens is 279 g/mol. The summed E-state index contributed by atoms with van der Waals surface area (Å²) in [5, 5.41) is 19.2. The zero-order valence-corrected chi connectivity index (χ0v) is 10.3. The lowest BCUT2D eigenvalue weighted by Gasteiger charge is -2.14. The van der Waals surface area contributed by atoms with E-state index < -0.39 is 11.4 Å². The van der Waals surface area contributed by atoms with Crippen LogP contribution < -0.4 is 4.74 Å². The van der Waals surface area contributed by atoms with E-state index in [4.69, 9.17) is 4.74 Å². The van der Waals surface area contributed by atoms with Crippen LogP contribution in [-0.4, -0.2) is 22.9 Å². The minimum Gasteiger partial charge on any atom is -0.504 e. The van der Waals surface area contributed by atoms with E-state index in [0.717, 1.165) is 0 Å². The van der Waals surface area contributed by atoms with Gasteiger partial charge in [0.05, 0.1) is 12.7 Å². The van der Waals surface area contributed by atoms with Crippen molar-refractivity contribution in [2.75, 3.05) is 7.11 Å². The van der Waals surface area contributed by atoms with Gasteiger partial charge in [-0.3, -0.25) is 0 Å². The Hall–Kier alpha value is -0.810. The van der Waals surface area contributed by atoms with Crippen LogP contribution in [0.1, 0.15) is 18.4 Å². The molecule has 16 heavy (non-hydrogen) atoms. The second-order valence-corrected chi connectivity index (χ2v) is 4.96. The molecule has 0 spiro atoms. The molecule has 0 unspecified atom stereocenters. The molecule has 1 aliphatic rings. The standard InChI is InChI=1S/C11H12BrFO3/c1-16-10-8(14)4-7(12)6(9(10)13)5-11(15)2-3-11/h4,14-15H,2-3,5H2,1H3. The van der Waals surface area contributed by atoms with Gasteiger partial charge in [0.15, 0.2) is 17.3 Å². The molecule has 0 heterocycles. The average molecular weight is 291 g/mol. The lowest BCUT2D eigenvalue weighted by Crippen LogP contribution is -2.13. The highest BCUT2D eigenvalue weighted by Gasteiger charge is 2.41. The molecule has 1 aromatic rings. The van der Waals surface area contributed by atoms with Gasteiger partial charge in [0.1, 0.15) is 0 Å². The summed E-state index contributed by atoms with van der Waals surface area (Å²) in [5.74, 6) is -1.05. The first-order chi connectivity index (χ1) is 7.47. The molecule has 5 heteroatoms. The lowest BCUT2D eigenvalue weighted by atomic mass is 10.1. The van der Waals surface area contributed by atoms with Crippen LogP contribution in [0.25, 0.3) is 0 Å². The molecule has 2 N–H and O–H groups in total. The molecule has 0 radical (unpaired) electrons. The smallest absolute Gasteiger partial charge is 0.196 e. The molecule has 1 aliphatic carbocycles. The maximum atomic E-state index is 13.9. The average Bonchev–Trinajstić information content (AvgIpc) is 2.92. The Labute approximate surface area is 101 Å². The van der Waals surface area contributed by atoms with Crippen molar-refractivity contribution in [1.82, 2.24) is 0 Å². The summed E-state index contributed by atoms with van der Waals surface area (Å²) in [6.45, 7) is 0. The summed E-state index contributed by atoms with van der Waals surface area (Å²) >= 11 is 3.18. The van der Waals surface area contributed by atoms with Gasteiger partial charge in [-0.25, -0.2) is 4.39 Å². The first kappa shape index (κ1) is 11.7. The van der Waals surface area contributed by atoms with E-state index in [9.17, 15) is 14.6 Å². The van der Waals surface area contributed by atoms with E-state index in [0.29, 0.717) is 22.9 Å². The monoisotopic (exact) mass is 290 g/mol. The van der Waals surface area contributed by atoms with E-state index in [1.165, 1.54) is 13.2 Å². The zero-order chi connectivity index (χ0) is 11.9. The largest absolute Gasteiger partial charge is 0.504 e. The van der Waals surface area contributed by atoms with Gasteiger partial charge in [0.25, 0.3) is 0 Å². The highest BCUT2D eigenvalue weighted by molar-refractivity contribution is 9.10. The molecule has 0 atom stereocenters. The number of aliphatic hydroxyl groups is 1. The molecule has 0 aliphatic heterocycles. The normalized spacial score (nSPS) is 17.2. The van der Waals surface area contributed by atoms with Crippen LogP contribution in [0.15, 0.2) is 10.5 Å². The van der Waals surface area contributed by atoms with Gasteiger partial charge >= 0.3 is 0 Å². The number of phenols is 1. The third-order valence-corrected chi connectivity index (χ3v) is 3.49. The van der Waals surface area contributed by atoms with Gasteiger partial charge in [-0.15, -0.1) is 0 Å². The van der Waals surface area contributed by atoms with Crippen molar-refractivity contribution in [2.45, 2.75) is 24.9 Å². The van der Waals surface area contributed by atoms with Crippen LogP contribution in [0.2, 0.25) is 0 Å². The van der Waals surface area contributed by atoms with Gasteiger partial charge in [0.2, 0.25) is 0 Å². The van der Waals surface area contributed by atoms with Crippen LogP contribution in [0.3, 0.4) is 0 Å². The minimum absolute atomic E-state index is 0.178. The van der Waals surface area contributed by atoms with Crippen molar-refractivity contribution in [1.29, 1.82) is 0 Å². The fourth-order valence-corrected chi connectivity index (χ4v) is 2.16. The molecule has 2 rings (SSSR count). The van der Waals surface area contributed by atoms with E-state index in [2.05, 4.69) is 15.9 Å². The summed E-state index contributed by atoms with van der Waals surface area (Å²) in [6.07, 6.45) is 1.60. The number of hydrogen-bond donors (Lipinski definition) is 2. The molecule has 0 aromatic heterocycles. The number of phenolic OH excluding ortho intramolecular Hbond substituents is 1. The van der Waals surface area contributed by atoms with E-state index in [1.54, 1.807) is 0 Å². The van der Waals surface area contributed by atoms with Crippen molar-refractivity contribution in [3.8, 4) is 11.5 Å². The summed E-state index contributed by atoms with van der Waals surface area (Å²) < 4.78 is 19.2. The fraction of sp³-hybridized carbons (Fsp3) is 0.455. The van der Waals surface area contributed by atoms with Crippen LogP contribution in [0.4, 0.5) is 4.39 Å². The maximum absolute atomic E-state index is 13.9. The third kappa shape index (κ3) is 2.01. The van der Waals surface area contributed by atoms with Crippen LogP contribution in [0.5, 0.6) is 11.5 Å². The Balaban J connectivity index is 2.43. The number of methoxy groups -OCH3 is 1. The van der Waals surface area contributed by atoms with Crippen molar-refractivity contribution in [3.63, 3.8) is 0 Å². The van der Waals surface area contributed by atoms with Crippen molar-refractivity contribution in [2.24, 2.45) is 0 Å². The zero-order valence-electron chi connectivity index (χ0n) is 8.76. The Morgan fingerprint density at radius 1 is 1.56 bits per heavy atom. The van der Waals surface area contributed by atoms with Gasteiger partial charge in [-0.2, -0.15) is 0 Å². The fourth-order valence-electron chi connectivity index (χ4n) is 1.63. The number of rotatable bonds is 3. The Kier molecular flexibility index (Phi) is 2.84. The lowest BCUT2D eigenvalue weighted by molar-refractivity contribution is 0.149. The first-order valence-electron chi connectivity index (χ1n) is 4.93. The number of benzene rings is 1. The summed E-state index contributed by atoms with van der Waals surface area (Å²) in [6, 6.07) is 1.38. The summed E-state index contributed by atoms with van der Waals surface area (Å²) in [7, 11) is 1.29. The predicted molar refractivity (Wildman–Crippen MR) is 60.2 cm³/mol. The van der Waals surface area contributed by atoms with Crippen molar-refractivity contribution < 1.29 is 19.3 Å². The van der Waals surface area contributed by atoms with Crippen LogP contribution in [-0.2, 0) is 6.42 Å². The maximum Gasteiger partial charge on any atom is 0.196 e. The number of aromatic hydroxyl groups is 1.